The Bertz CT molecular complexity index is 511. The molecule has 0 aliphatic heterocycles. The van der Waals surface area contributed by atoms with Gasteiger partial charge in [0.15, 0.2) is 6.61 Å². The monoisotopic (exact) mass is 430 g/mol. The largest absolute Gasteiger partial charge is 0.465 e. The molecule has 0 rings (SSSR count). The van der Waals surface area contributed by atoms with Gasteiger partial charge >= 0.3 is 36.1 Å². The van der Waals surface area contributed by atoms with Gasteiger partial charge in [-0.05, 0) is 18.8 Å². The average molecular weight is 430 g/mol. The first-order valence-electron chi connectivity index (χ1n) is 8.41. The van der Waals surface area contributed by atoms with E-state index in [0.29, 0.717) is 0 Å². The second kappa shape index (κ2) is 10.8. The summed E-state index contributed by atoms with van der Waals surface area (Å²) in [6.07, 6.45) is -4.51. The van der Waals surface area contributed by atoms with E-state index in [9.17, 15) is 44.7 Å². The molecule has 0 amide bonds. The number of rotatable bonds is 13. The molecular weight excluding hydrogens is 408 g/mol. The normalized spacial score (nSPS) is 14.1. The molecule has 0 saturated heterocycles. The van der Waals surface area contributed by atoms with E-state index in [0.717, 1.165) is 12.8 Å². The van der Waals surface area contributed by atoms with E-state index in [1.807, 2.05) is 13.8 Å². The highest BCUT2D eigenvalue weighted by molar-refractivity contribution is 5.72. The molecular formula is C16H22F8O4. The Kier molecular flexibility index (Phi) is 10.2. The van der Waals surface area contributed by atoms with Crippen LogP contribution in [-0.2, 0) is 19.1 Å². The highest BCUT2D eigenvalue weighted by atomic mass is 19.4. The second-order valence-electron chi connectivity index (χ2n) is 6.29. The molecule has 0 saturated carbocycles. The molecule has 1 unspecified atom stereocenters. The van der Waals surface area contributed by atoms with Gasteiger partial charge in [0.25, 0.3) is 0 Å². The smallest absolute Gasteiger partial charge is 0.381 e. The minimum absolute atomic E-state index is 0.120. The van der Waals surface area contributed by atoms with Crippen LogP contribution in [0.4, 0.5) is 35.1 Å². The van der Waals surface area contributed by atoms with Gasteiger partial charge in [-0.2, -0.15) is 26.3 Å². The maximum absolute atomic E-state index is 13.2. The van der Waals surface area contributed by atoms with Crippen LogP contribution < -0.4 is 0 Å². The molecule has 0 fully saturated rings. The van der Waals surface area contributed by atoms with Crippen LogP contribution in [0.5, 0.6) is 0 Å². The SMILES string of the molecule is CCCC(C)COC(=O)CCCC(=O)OCC(F)(F)C(F)(F)C(F)(F)C(F)F. The van der Waals surface area contributed by atoms with Gasteiger partial charge in [-0.15, -0.1) is 0 Å². The summed E-state index contributed by atoms with van der Waals surface area (Å²) >= 11 is 0. The van der Waals surface area contributed by atoms with E-state index in [4.69, 9.17) is 4.74 Å². The first-order chi connectivity index (χ1) is 12.7. The Morgan fingerprint density at radius 1 is 0.929 bits per heavy atom. The van der Waals surface area contributed by atoms with Crippen molar-refractivity contribution in [2.24, 2.45) is 5.92 Å². The number of ether oxygens (including phenoxy) is 2. The first kappa shape index (κ1) is 26.4. The quantitative estimate of drug-likeness (QED) is 0.310. The van der Waals surface area contributed by atoms with E-state index >= 15 is 0 Å². The van der Waals surface area contributed by atoms with E-state index in [-0.39, 0.29) is 25.4 Å². The number of carbonyl (C=O) groups excluding carboxylic acids is 2. The summed E-state index contributed by atoms with van der Waals surface area (Å²) in [5.41, 5.74) is 0. The van der Waals surface area contributed by atoms with E-state index < -0.39 is 49.2 Å². The minimum Gasteiger partial charge on any atom is -0.465 e. The molecule has 0 aromatic carbocycles. The van der Waals surface area contributed by atoms with Crippen molar-refractivity contribution in [2.75, 3.05) is 13.2 Å². The van der Waals surface area contributed by atoms with Crippen molar-refractivity contribution < 1.29 is 54.2 Å². The Balaban J connectivity index is 4.39. The van der Waals surface area contributed by atoms with Crippen LogP contribution in [0, 0.1) is 5.92 Å². The van der Waals surface area contributed by atoms with Crippen LogP contribution in [0.3, 0.4) is 0 Å². The number of esters is 2. The van der Waals surface area contributed by atoms with Crippen molar-refractivity contribution in [3.05, 3.63) is 0 Å². The van der Waals surface area contributed by atoms with Crippen molar-refractivity contribution in [3.63, 3.8) is 0 Å². The fraction of sp³-hybridized carbons (Fsp3) is 0.875. The summed E-state index contributed by atoms with van der Waals surface area (Å²) in [5.74, 6) is -20.5. The topological polar surface area (TPSA) is 52.6 Å². The molecule has 4 nitrogen and oxygen atoms in total. The Hall–Kier alpha value is -1.62. The van der Waals surface area contributed by atoms with Crippen molar-refractivity contribution in [2.45, 2.75) is 70.1 Å². The highest BCUT2D eigenvalue weighted by Crippen LogP contribution is 2.48. The van der Waals surface area contributed by atoms with Crippen LogP contribution in [0.2, 0.25) is 0 Å². The van der Waals surface area contributed by atoms with Gasteiger partial charge in [-0.1, -0.05) is 20.3 Å². The molecule has 0 N–H and O–H groups in total. The molecule has 1 atom stereocenters. The molecule has 0 aromatic heterocycles. The van der Waals surface area contributed by atoms with Crippen LogP contribution in [0.15, 0.2) is 0 Å². The van der Waals surface area contributed by atoms with Gasteiger partial charge < -0.3 is 9.47 Å². The lowest BCUT2D eigenvalue weighted by Crippen LogP contribution is -2.59. The predicted octanol–water partition coefficient (Wildman–Crippen LogP) is 4.85. The summed E-state index contributed by atoms with van der Waals surface area (Å²) in [6.45, 7) is 1.43. The van der Waals surface area contributed by atoms with Gasteiger partial charge in [0.05, 0.1) is 6.61 Å². The summed E-state index contributed by atoms with van der Waals surface area (Å²) in [5, 5.41) is 0. The van der Waals surface area contributed by atoms with Crippen molar-refractivity contribution in [1.82, 2.24) is 0 Å². The van der Waals surface area contributed by atoms with Crippen molar-refractivity contribution in [1.29, 1.82) is 0 Å². The lowest BCUT2D eigenvalue weighted by molar-refractivity contribution is -0.344. The minimum atomic E-state index is -6.44. The zero-order chi connectivity index (χ0) is 22.2. The molecule has 0 heterocycles. The number of alkyl halides is 8. The fourth-order valence-corrected chi connectivity index (χ4v) is 1.98. The Morgan fingerprint density at radius 2 is 1.43 bits per heavy atom. The van der Waals surface area contributed by atoms with Gasteiger partial charge in [-0.3, -0.25) is 9.59 Å². The first-order valence-corrected chi connectivity index (χ1v) is 8.41. The fourth-order valence-electron chi connectivity index (χ4n) is 1.98. The molecule has 0 aliphatic rings. The molecule has 0 radical (unpaired) electrons. The van der Waals surface area contributed by atoms with Gasteiger partial charge in [-0.25, -0.2) is 8.78 Å². The third-order valence-corrected chi connectivity index (χ3v) is 3.64. The van der Waals surface area contributed by atoms with Crippen LogP contribution >= 0.6 is 0 Å². The van der Waals surface area contributed by atoms with Gasteiger partial charge in [0, 0.05) is 12.8 Å². The molecule has 0 aliphatic carbocycles. The van der Waals surface area contributed by atoms with Crippen LogP contribution in [0.1, 0.15) is 46.0 Å². The third-order valence-electron chi connectivity index (χ3n) is 3.64. The highest BCUT2D eigenvalue weighted by Gasteiger charge is 2.75. The van der Waals surface area contributed by atoms with Crippen molar-refractivity contribution in [3.8, 4) is 0 Å². The molecule has 0 aromatic rings. The Labute approximate surface area is 156 Å². The molecule has 12 heteroatoms. The molecule has 28 heavy (non-hydrogen) atoms. The zero-order valence-corrected chi connectivity index (χ0v) is 15.3. The third kappa shape index (κ3) is 7.42. The van der Waals surface area contributed by atoms with Crippen LogP contribution in [-0.4, -0.2) is 49.3 Å². The van der Waals surface area contributed by atoms with E-state index in [1.165, 1.54) is 0 Å². The zero-order valence-electron chi connectivity index (χ0n) is 15.3. The number of hydrogen-bond acceptors (Lipinski definition) is 4. The van der Waals surface area contributed by atoms with Crippen molar-refractivity contribution >= 4 is 11.9 Å². The van der Waals surface area contributed by atoms with Gasteiger partial charge in [0.2, 0.25) is 0 Å². The summed E-state index contributed by atoms with van der Waals surface area (Å²) < 4.78 is 110. The lowest BCUT2D eigenvalue weighted by atomic mass is 10.1. The van der Waals surface area contributed by atoms with Crippen LogP contribution in [0.25, 0.3) is 0 Å². The van der Waals surface area contributed by atoms with Gasteiger partial charge in [0.1, 0.15) is 0 Å². The standard InChI is InChI=1S/C16H22F8O4/c1-3-5-10(2)8-27-11(25)6-4-7-12(26)28-9-14(19,20)16(23,24)15(21,22)13(17)18/h10,13H,3-9H2,1-2H3. The maximum Gasteiger partial charge on any atom is 0.381 e. The second-order valence-corrected chi connectivity index (χ2v) is 6.29. The predicted molar refractivity (Wildman–Crippen MR) is 80.7 cm³/mol. The molecule has 0 spiro atoms. The number of halogens is 8. The number of carbonyl (C=O) groups is 2. The summed E-state index contributed by atoms with van der Waals surface area (Å²) in [4.78, 5) is 22.7. The maximum atomic E-state index is 13.2. The molecule has 166 valence electrons. The summed E-state index contributed by atoms with van der Waals surface area (Å²) in [6, 6.07) is 0. The van der Waals surface area contributed by atoms with E-state index in [2.05, 4.69) is 4.74 Å². The Morgan fingerprint density at radius 3 is 1.89 bits per heavy atom. The average Bonchev–Trinajstić information content (AvgIpc) is 2.58. The lowest BCUT2D eigenvalue weighted by Gasteiger charge is -2.31. The number of hydrogen-bond donors (Lipinski definition) is 0. The molecule has 0 bridgehead atoms. The van der Waals surface area contributed by atoms with E-state index in [1.54, 1.807) is 0 Å². The summed E-state index contributed by atoms with van der Waals surface area (Å²) in [7, 11) is 0.